The zero-order valence-electron chi connectivity index (χ0n) is 11.7. The van der Waals surface area contributed by atoms with Crippen LogP contribution in [0.4, 0.5) is 5.82 Å². The number of aromatic amines is 1. The molecule has 0 amide bonds. The van der Waals surface area contributed by atoms with Crippen molar-refractivity contribution in [2.75, 3.05) is 12.3 Å². The molecule has 0 unspecified atom stereocenters. The molecular formula is C15H16N4OS. The Hall–Kier alpha value is -2.21. The Morgan fingerprint density at radius 3 is 3.05 bits per heavy atom. The van der Waals surface area contributed by atoms with Crippen LogP contribution in [-0.2, 0) is 5.75 Å². The molecule has 0 atom stereocenters. The SMILES string of the molecule is CCOc1ccc2[nH]c(SCc3cccnc3N)nc2c1. The zero-order valence-corrected chi connectivity index (χ0v) is 12.5. The first-order valence-electron chi connectivity index (χ1n) is 6.71. The van der Waals surface area contributed by atoms with Gasteiger partial charge in [0.15, 0.2) is 5.16 Å². The molecule has 5 nitrogen and oxygen atoms in total. The Morgan fingerprint density at radius 1 is 1.33 bits per heavy atom. The topological polar surface area (TPSA) is 76.8 Å². The van der Waals surface area contributed by atoms with E-state index in [9.17, 15) is 0 Å². The summed E-state index contributed by atoms with van der Waals surface area (Å²) >= 11 is 1.61. The summed E-state index contributed by atoms with van der Waals surface area (Å²) in [6.45, 7) is 2.62. The Morgan fingerprint density at radius 2 is 2.24 bits per heavy atom. The highest BCUT2D eigenvalue weighted by atomic mass is 32.2. The van der Waals surface area contributed by atoms with Crippen LogP contribution in [0, 0.1) is 0 Å². The van der Waals surface area contributed by atoms with Gasteiger partial charge in [-0.2, -0.15) is 0 Å². The van der Waals surface area contributed by atoms with Crippen molar-refractivity contribution < 1.29 is 4.74 Å². The van der Waals surface area contributed by atoms with Crippen LogP contribution in [0.2, 0.25) is 0 Å². The quantitative estimate of drug-likeness (QED) is 0.707. The summed E-state index contributed by atoms with van der Waals surface area (Å²) < 4.78 is 5.48. The number of nitrogens with one attached hydrogen (secondary N) is 1. The van der Waals surface area contributed by atoms with E-state index in [0.717, 1.165) is 33.3 Å². The van der Waals surface area contributed by atoms with E-state index in [1.807, 2.05) is 37.3 Å². The molecule has 0 saturated carbocycles. The monoisotopic (exact) mass is 300 g/mol. The van der Waals surface area contributed by atoms with Gasteiger partial charge >= 0.3 is 0 Å². The van der Waals surface area contributed by atoms with E-state index < -0.39 is 0 Å². The largest absolute Gasteiger partial charge is 0.494 e. The third-order valence-corrected chi connectivity index (χ3v) is 3.96. The fourth-order valence-electron chi connectivity index (χ4n) is 2.01. The van der Waals surface area contributed by atoms with E-state index >= 15 is 0 Å². The number of rotatable bonds is 5. The van der Waals surface area contributed by atoms with Crippen molar-refractivity contribution >= 4 is 28.6 Å². The van der Waals surface area contributed by atoms with Crippen LogP contribution in [0.15, 0.2) is 41.7 Å². The summed E-state index contributed by atoms with van der Waals surface area (Å²) in [7, 11) is 0. The molecular weight excluding hydrogens is 284 g/mol. The van der Waals surface area contributed by atoms with Crippen molar-refractivity contribution in [3.05, 3.63) is 42.1 Å². The van der Waals surface area contributed by atoms with Crippen molar-refractivity contribution in [2.45, 2.75) is 17.8 Å². The minimum atomic E-state index is 0.569. The predicted octanol–water partition coefficient (Wildman–Crippen LogP) is 3.23. The van der Waals surface area contributed by atoms with Crippen LogP contribution >= 0.6 is 11.8 Å². The van der Waals surface area contributed by atoms with Crippen LogP contribution in [0.5, 0.6) is 5.75 Å². The number of anilines is 1. The number of fused-ring (bicyclic) bond motifs is 1. The lowest BCUT2D eigenvalue weighted by molar-refractivity contribution is 0.340. The summed E-state index contributed by atoms with van der Waals surface area (Å²) in [4.78, 5) is 11.9. The maximum Gasteiger partial charge on any atom is 0.166 e. The molecule has 0 saturated heterocycles. The van der Waals surface area contributed by atoms with Crippen LogP contribution in [-0.4, -0.2) is 21.6 Å². The van der Waals surface area contributed by atoms with E-state index in [-0.39, 0.29) is 0 Å². The van der Waals surface area contributed by atoms with Crippen LogP contribution in [0.1, 0.15) is 12.5 Å². The fraction of sp³-hybridized carbons (Fsp3) is 0.200. The van der Waals surface area contributed by atoms with Crippen molar-refractivity contribution in [3.63, 3.8) is 0 Å². The van der Waals surface area contributed by atoms with Gasteiger partial charge in [0.2, 0.25) is 0 Å². The smallest absolute Gasteiger partial charge is 0.166 e. The highest BCUT2D eigenvalue weighted by molar-refractivity contribution is 7.98. The van der Waals surface area contributed by atoms with Crippen LogP contribution < -0.4 is 10.5 Å². The number of nitrogens with zero attached hydrogens (tertiary/aromatic N) is 2. The van der Waals surface area contributed by atoms with Gasteiger partial charge in [0.05, 0.1) is 17.6 Å². The number of nitrogen functional groups attached to an aromatic ring is 1. The molecule has 2 aromatic heterocycles. The van der Waals surface area contributed by atoms with Gasteiger partial charge in [-0.3, -0.25) is 0 Å². The summed E-state index contributed by atoms with van der Waals surface area (Å²) in [5.74, 6) is 2.14. The Kier molecular flexibility index (Phi) is 3.96. The maximum atomic E-state index is 5.84. The Bertz CT molecular complexity index is 756. The number of benzene rings is 1. The lowest BCUT2D eigenvalue weighted by atomic mass is 10.3. The lowest BCUT2D eigenvalue weighted by Gasteiger charge is -2.01. The lowest BCUT2D eigenvalue weighted by Crippen LogP contribution is -1.95. The Balaban J connectivity index is 1.77. The number of pyridine rings is 1. The van der Waals surface area contributed by atoms with E-state index in [0.29, 0.717) is 12.4 Å². The molecule has 3 aromatic rings. The average molecular weight is 300 g/mol. The van der Waals surface area contributed by atoms with Crippen LogP contribution in [0.3, 0.4) is 0 Å². The first-order valence-corrected chi connectivity index (χ1v) is 7.69. The number of ether oxygens (including phenoxy) is 1. The van der Waals surface area contributed by atoms with Gasteiger partial charge in [0.1, 0.15) is 11.6 Å². The minimum absolute atomic E-state index is 0.569. The van der Waals surface area contributed by atoms with E-state index in [2.05, 4.69) is 15.0 Å². The molecule has 0 spiro atoms. The Labute approximate surface area is 126 Å². The molecule has 0 bridgehead atoms. The van der Waals surface area contributed by atoms with Gasteiger partial charge in [-0.05, 0) is 25.1 Å². The molecule has 0 aliphatic rings. The number of hydrogen-bond donors (Lipinski definition) is 2. The van der Waals surface area contributed by atoms with Gasteiger partial charge < -0.3 is 15.5 Å². The van der Waals surface area contributed by atoms with E-state index in [4.69, 9.17) is 10.5 Å². The van der Waals surface area contributed by atoms with Crippen molar-refractivity contribution in [1.82, 2.24) is 15.0 Å². The molecule has 6 heteroatoms. The van der Waals surface area contributed by atoms with Crippen molar-refractivity contribution in [1.29, 1.82) is 0 Å². The first-order chi connectivity index (χ1) is 10.3. The predicted molar refractivity (Wildman–Crippen MR) is 85.5 cm³/mol. The molecule has 0 radical (unpaired) electrons. The normalized spacial score (nSPS) is 10.9. The molecule has 0 aliphatic heterocycles. The number of hydrogen-bond acceptors (Lipinski definition) is 5. The highest BCUT2D eigenvalue weighted by Crippen LogP contribution is 2.26. The van der Waals surface area contributed by atoms with Crippen molar-refractivity contribution in [3.8, 4) is 5.75 Å². The highest BCUT2D eigenvalue weighted by Gasteiger charge is 2.06. The maximum absolute atomic E-state index is 5.84. The molecule has 108 valence electrons. The van der Waals surface area contributed by atoms with E-state index in [1.165, 1.54) is 0 Å². The number of imidazole rings is 1. The number of aromatic nitrogens is 3. The zero-order chi connectivity index (χ0) is 14.7. The molecule has 3 rings (SSSR count). The number of thioether (sulfide) groups is 1. The van der Waals surface area contributed by atoms with E-state index in [1.54, 1.807) is 18.0 Å². The molecule has 0 aliphatic carbocycles. The standard InChI is InChI=1S/C15H16N4OS/c1-2-20-11-5-6-12-13(8-11)19-15(18-12)21-9-10-4-3-7-17-14(10)16/h3-8H,2,9H2,1H3,(H2,16,17)(H,18,19). The van der Waals surface area contributed by atoms with Gasteiger partial charge in [-0.1, -0.05) is 17.8 Å². The molecule has 0 fully saturated rings. The van der Waals surface area contributed by atoms with Gasteiger partial charge in [0.25, 0.3) is 0 Å². The van der Waals surface area contributed by atoms with Gasteiger partial charge in [-0.15, -0.1) is 0 Å². The number of H-pyrrole nitrogens is 1. The summed E-state index contributed by atoms with van der Waals surface area (Å²) in [5.41, 5.74) is 8.76. The second kappa shape index (κ2) is 6.05. The fourth-order valence-corrected chi connectivity index (χ4v) is 2.89. The summed E-state index contributed by atoms with van der Waals surface area (Å²) in [6, 6.07) is 9.73. The molecule has 1 aromatic carbocycles. The van der Waals surface area contributed by atoms with Crippen LogP contribution in [0.25, 0.3) is 11.0 Å². The second-order valence-corrected chi connectivity index (χ2v) is 5.45. The third kappa shape index (κ3) is 3.11. The van der Waals surface area contributed by atoms with Crippen molar-refractivity contribution in [2.24, 2.45) is 0 Å². The molecule has 2 heterocycles. The first kappa shape index (κ1) is 13.8. The second-order valence-electron chi connectivity index (χ2n) is 4.49. The minimum Gasteiger partial charge on any atom is -0.494 e. The third-order valence-electron chi connectivity index (χ3n) is 3.03. The summed E-state index contributed by atoms with van der Waals surface area (Å²) in [5, 5.41) is 0.863. The molecule has 3 N–H and O–H groups in total. The average Bonchev–Trinajstić information content (AvgIpc) is 2.89. The molecule has 21 heavy (non-hydrogen) atoms. The van der Waals surface area contributed by atoms with Gasteiger partial charge in [0, 0.05) is 23.6 Å². The summed E-state index contributed by atoms with van der Waals surface area (Å²) in [6.07, 6.45) is 1.69. The number of nitrogens with two attached hydrogens (primary N) is 1. The van der Waals surface area contributed by atoms with Gasteiger partial charge in [-0.25, -0.2) is 9.97 Å².